The second-order valence-corrected chi connectivity index (χ2v) is 7.56. The summed E-state index contributed by atoms with van der Waals surface area (Å²) in [5.41, 5.74) is 3.47. The number of hydrogen-bond acceptors (Lipinski definition) is 4. The molecule has 1 aromatic carbocycles. The van der Waals surface area contributed by atoms with Crippen LogP contribution in [-0.2, 0) is 6.54 Å². The Balaban J connectivity index is 1.40. The first kappa shape index (κ1) is 18.0. The van der Waals surface area contributed by atoms with Crippen molar-refractivity contribution >= 4 is 11.7 Å². The molecular weight excluding hydrogens is 336 g/mol. The van der Waals surface area contributed by atoms with Gasteiger partial charge < -0.3 is 9.80 Å². The van der Waals surface area contributed by atoms with Crippen molar-refractivity contribution in [2.24, 2.45) is 0 Å². The number of hydrogen-bond donors (Lipinski definition) is 0. The van der Waals surface area contributed by atoms with E-state index in [4.69, 9.17) is 0 Å². The molecule has 0 saturated carbocycles. The molecule has 0 N–H and O–H groups in total. The molecule has 0 unspecified atom stereocenters. The van der Waals surface area contributed by atoms with E-state index in [1.165, 1.54) is 24.0 Å². The zero-order chi connectivity index (χ0) is 18.6. The van der Waals surface area contributed by atoms with Gasteiger partial charge in [-0.15, -0.1) is 0 Å². The Morgan fingerprint density at radius 3 is 2.44 bits per heavy atom. The van der Waals surface area contributed by atoms with Crippen LogP contribution in [0.4, 0.5) is 5.82 Å². The molecule has 0 spiro atoms. The van der Waals surface area contributed by atoms with Crippen molar-refractivity contribution in [1.29, 1.82) is 0 Å². The minimum Gasteiger partial charge on any atom is -0.356 e. The Kier molecular flexibility index (Phi) is 5.39. The van der Waals surface area contributed by atoms with E-state index in [2.05, 4.69) is 46.0 Å². The summed E-state index contributed by atoms with van der Waals surface area (Å²) in [4.78, 5) is 24.3. The van der Waals surface area contributed by atoms with Crippen molar-refractivity contribution in [1.82, 2.24) is 14.8 Å². The Labute approximate surface area is 161 Å². The maximum atomic E-state index is 13.1. The fraction of sp³-hybridized carbons (Fsp3) is 0.455. The van der Waals surface area contributed by atoms with Gasteiger partial charge in [0.25, 0.3) is 5.91 Å². The summed E-state index contributed by atoms with van der Waals surface area (Å²) in [6, 6.07) is 12.4. The first-order valence-corrected chi connectivity index (χ1v) is 9.98. The Morgan fingerprint density at radius 2 is 1.70 bits per heavy atom. The molecule has 2 aliphatic rings. The van der Waals surface area contributed by atoms with Gasteiger partial charge in [0.15, 0.2) is 0 Å². The molecule has 3 heterocycles. The minimum atomic E-state index is 0.126. The van der Waals surface area contributed by atoms with Crippen LogP contribution in [-0.4, -0.2) is 60.0 Å². The monoisotopic (exact) mass is 364 g/mol. The molecule has 2 aromatic rings. The molecule has 142 valence electrons. The molecule has 5 nitrogen and oxygen atoms in total. The van der Waals surface area contributed by atoms with Crippen LogP contribution in [0.1, 0.15) is 34.3 Å². The normalized spacial score (nSPS) is 18.1. The van der Waals surface area contributed by atoms with Crippen molar-refractivity contribution in [3.05, 3.63) is 59.3 Å². The Bertz CT molecular complexity index is 792. The number of benzene rings is 1. The van der Waals surface area contributed by atoms with Gasteiger partial charge >= 0.3 is 0 Å². The summed E-state index contributed by atoms with van der Waals surface area (Å²) < 4.78 is 0. The molecule has 2 fully saturated rings. The molecule has 1 amide bonds. The number of aromatic nitrogens is 1. The van der Waals surface area contributed by atoms with E-state index in [9.17, 15) is 4.79 Å². The van der Waals surface area contributed by atoms with E-state index in [1.807, 2.05) is 17.0 Å². The van der Waals surface area contributed by atoms with Gasteiger partial charge in [-0.25, -0.2) is 4.98 Å². The average Bonchev–Trinajstić information content (AvgIpc) is 3.24. The number of nitrogens with zero attached hydrogens (tertiary/aromatic N) is 4. The molecule has 27 heavy (non-hydrogen) atoms. The number of rotatable bonds is 4. The Hall–Kier alpha value is -2.40. The summed E-state index contributed by atoms with van der Waals surface area (Å²) in [7, 11) is 0. The molecule has 5 heteroatoms. The molecule has 0 atom stereocenters. The van der Waals surface area contributed by atoms with Gasteiger partial charge in [0, 0.05) is 52.0 Å². The van der Waals surface area contributed by atoms with Gasteiger partial charge in [-0.2, -0.15) is 0 Å². The molecule has 2 aliphatic heterocycles. The number of piperazine rings is 1. The lowest BCUT2D eigenvalue weighted by molar-refractivity contribution is 0.0628. The van der Waals surface area contributed by atoms with E-state index in [0.717, 1.165) is 57.2 Å². The van der Waals surface area contributed by atoms with E-state index in [-0.39, 0.29) is 5.91 Å². The van der Waals surface area contributed by atoms with Gasteiger partial charge in [-0.1, -0.05) is 24.3 Å². The highest BCUT2D eigenvalue weighted by atomic mass is 16.2. The lowest BCUT2D eigenvalue weighted by Crippen LogP contribution is -2.48. The fourth-order valence-electron chi connectivity index (χ4n) is 4.05. The van der Waals surface area contributed by atoms with E-state index in [1.54, 1.807) is 6.20 Å². The van der Waals surface area contributed by atoms with Crippen LogP contribution in [0.5, 0.6) is 0 Å². The SMILES string of the molecule is Cc1ccccc1CN1CCN(C(=O)c2cccnc2N2CCCC2)CC1. The average molecular weight is 364 g/mol. The van der Waals surface area contributed by atoms with Gasteiger partial charge in [-0.05, 0) is 43.0 Å². The largest absolute Gasteiger partial charge is 0.356 e. The second-order valence-electron chi connectivity index (χ2n) is 7.56. The highest BCUT2D eigenvalue weighted by Gasteiger charge is 2.26. The topological polar surface area (TPSA) is 39.7 Å². The van der Waals surface area contributed by atoms with Crippen molar-refractivity contribution in [2.45, 2.75) is 26.3 Å². The number of aryl methyl sites for hydroxylation is 1. The van der Waals surface area contributed by atoms with Crippen LogP contribution in [0.3, 0.4) is 0 Å². The quantitative estimate of drug-likeness (QED) is 0.836. The van der Waals surface area contributed by atoms with Crippen molar-refractivity contribution < 1.29 is 4.79 Å². The highest BCUT2D eigenvalue weighted by molar-refractivity contribution is 5.99. The third-order valence-corrected chi connectivity index (χ3v) is 5.74. The molecule has 4 rings (SSSR count). The van der Waals surface area contributed by atoms with Crippen LogP contribution in [0, 0.1) is 6.92 Å². The van der Waals surface area contributed by atoms with Crippen molar-refractivity contribution in [2.75, 3.05) is 44.2 Å². The van der Waals surface area contributed by atoms with Crippen LogP contribution < -0.4 is 4.90 Å². The smallest absolute Gasteiger partial charge is 0.257 e. The number of pyridine rings is 1. The van der Waals surface area contributed by atoms with Gasteiger partial charge in [0.05, 0.1) is 5.56 Å². The van der Waals surface area contributed by atoms with E-state index >= 15 is 0 Å². The standard InChI is InChI=1S/C22H28N4O/c1-18-7-2-3-8-19(18)17-24-13-15-26(16-14-24)22(27)20-9-6-10-23-21(20)25-11-4-5-12-25/h2-3,6-10H,4-5,11-17H2,1H3. The summed E-state index contributed by atoms with van der Waals surface area (Å²) in [6.45, 7) is 8.51. The number of carbonyl (C=O) groups excluding carboxylic acids is 1. The minimum absolute atomic E-state index is 0.126. The summed E-state index contributed by atoms with van der Waals surface area (Å²) in [5.74, 6) is 0.989. The number of amides is 1. The molecule has 0 bridgehead atoms. The van der Waals surface area contributed by atoms with Crippen molar-refractivity contribution in [3.8, 4) is 0 Å². The summed E-state index contributed by atoms with van der Waals surface area (Å²) in [5, 5.41) is 0. The lowest BCUT2D eigenvalue weighted by atomic mass is 10.1. The van der Waals surface area contributed by atoms with Crippen LogP contribution >= 0.6 is 0 Å². The van der Waals surface area contributed by atoms with Crippen LogP contribution in [0.2, 0.25) is 0 Å². The van der Waals surface area contributed by atoms with Gasteiger partial charge in [0.2, 0.25) is 0 Å². The zero-order valence-corrected chi connectivity index (χ0v) is 16.1. The summed E-state index contributed by atoms with van der Waals surface area (Å²) in [6.07, 6.45) is 4.16. The molecule has 0 aliphatic carbocycles. The predicted molar refractivity (Wildman–Crippen MR) is 108 cm³/mol. The maximum absolute atomic E-state index is 13.1. The fourth-order valence-corrected chi connectivity index (χ4v) is 4.05. The van der Waals surface area contributed by atoms with Crippen LogP contribution in [0.25, 0.3) is 0 Å². The molecular formula is C22H28N4O. The van der Waals surface area contributed by atoms with Crippen LogP contribution in [0.15, 0.2) is 42.6 Å². The third-order valence-electron chi connectivity index (χ3n) is 5.74. The summed E-state index contributed by atoms with van der Waals surface area (Å²) >= 11 is 0. The first-order valence-electron chi connectivity index (χ1n) is 9.98. The van der Waals surface area contributed by atoms with E-state index < -0.39 is 0 Å². The highest BCUT2D eigenvalue weighted by Crippen LogP contribution is 2.24. The molecule has 1 aromatic heterocycles. The molecule has 2 saturated heterocycles. The Morgan fingerprint density at radius 1 is 0.963 bits per heavy atom. The number of carbonyl (C=O) groups is 1. The predicted octanol–water partition coefficient (Wildman–Crippen LogP) is 2.95. The molecule has 0 radical (unpaired) electrons. The first-order chi connectivity index (χ1) is 13.2. The number of anilines is 1. The second kappa shape index (κ2) is 8.09. The maximum Gasteiger partial charge on any atom is 0.257 e. The van der Waals surface area contributed by atoms with Gasteiger partial charge in [0.1, 0.15) is 5.82 Å². The van der Waals surface area contributed by atoms with Crippen molar-refractivity contribution in [3.63, 3.8) is 0 Å². The zero-order valence-electron chi connectivity index (χ0n) is 16.1. The lowest BCUT2D eigenvalue weighted by Gasteiger charge is -2.35. The van der Waals surface area contributed by atoms with Gasteiger partial charge in [-0.3, -0.25) is 9.69 Å². The van der Waals surface area contributed by atoms with E-state index in [0.29, 0.717) is 0 Å². The third kappa shape index (κ3) is 3.98.